The lowest BCUT2D eigenvalue weighted by Gasteiger charge is -2.13. The number of pyridine rings is 1. The van der Waals surface area contributed by atoms with Gasteiger partial charge in [-0.3, -0.25) is 18.7 Å². The van der Waals surface area contributed by atoms with Crippen LogP contribution >= 0.6 is 11.3 Å². The molecule has 0 fully saturated rings. The summed E-state index contributed by atoms with van der Waals surface area (Å²) in [5.74, 6) is -1.16. The van der Waals surface area contributed by atoms with E-state index in [2.05, 4.69) is 10.3 Å². The second-order valence-electron chi connectivity index (χ2n) is 7.73. The molecule has 0 radical (unpaired) electrons. The molecule has 34 heavy (non-hydrogen) atoms. The molecule has 170 valence electrons. The Kier molecular flexibility index (Phi) is 5.77. The van der Waals surface area contributed by atoms with Gasteiger partial charge in [-0.1, -0.05) is 42.5 Å². The third kappa shape index (κ3) is 4.01. The van der Waals surface area contributed by atoms with Crippen LogP contribution in [0.5, 0.6) is 0 Å². The zero-order valence-electron chi connectivity index (χ0n) is 17.9. The lowest BCUT2D eigenvalue weighted by molar-refractivity contribution is -0.116. The van der Waals surface area contributed by atoms with Gasteiger partial charge in [0, 0.05) is 18.1 Å². The van der Waals surface area contributed by atoms with Crippen molar-refractivity contribution >= 4 is 43.4 Å². The average molecular weight is 475 g/mol. The Morgan fingerprint density at radius 2 is 1.74 bits per heavy atom. The quantitative estimate of drug-likeness (QED) is 0.406. The zero-order chi connectivity index (χ0) is 23.7. The number of fused-ring (bicyclic) bond motifs is 3. The molecular weight excluding hydrogens is 455 g/mol. The number of nitrogens with zero attached hydrogens (tertiary/aromatic N) is 3. The first kappa shape index (κ1) is 21.7. The molecule has 0 bridgehead atoms. The van der Waals surface area contributed by atoms with Crippen LogP contribution in [-0.2, 0) is 24.3 Å². The van der Waals surface area contributed by atoms with E-state index in [1.54, 1.807) is 24.4 Å². The monoisotopic (exact) mass is 474 g/mol. The van der Waals surface area contributed by atoms with E-state index >= 15 is 0 Å². The summed E-state index contributed by atoms with van der Waals surface area (Å²) in [5.41, 5.74) is 0.356. The number of halogens is 1. The molecule has 0 saturated carbocycles. The van der Waals surface area contributed by atoms with Gasteiger partial charge in [0.2, 0.25) is 5.91 Å². The highest BCUT2D eigenvalue weighted by Gasteiger charge is 2.20. The van der Waals surface area contributed by atoms with Crippen molar-refractivity contribution in [2.45, 2.75) is 19.5 Å². The number of hydrogen-bond acceptors (Lipinski definition) is 5. The highest BCUT2D eigenvalue weighted by molar-refractivity contribution is 7.25. The molecule has 0 aliphatic carbocycles. The van der Waals surface area contributed by atoms with Crippen molar-refractivity contribution in [3.05, 3.63) is 105 Å². The molecular formula is C25H19FN4O3S. The number of benzene rings is 2. The Labute approximate surface area is 196 Å². The van der Waals surface area contributed by atoms with Crippen molar-refractivity contribution in [2.75, 3.05) is 5.32 Å². The summed E-state index contributed by atoms with van der Waals surface area (Å²) < 4.78 is 16.8. The SMILES string of the molecule is O=C(Cn1c(=O)n(CCc2ccccc2)c(=O)c2sc3ncccc3c21)Nc1ccccc1F. The van der Waals surface area contributed by atoms with E-state index < -0.39 is 23.0 Å². The minimum Gasteiger partial charge on any atom is -0.322 e. The molecule has 5 aromatic rings. The minimum absolute atomic E-state index is 0.0195. The molecule has 3 aromatic heterocycles. The summed E-state index contributed by atoms with van der Waals surface area (Å²) in [6, 6.07) is 18.8. The van der Waals surface area contributed by atoms with Crippen LogP contribution in [0.4, 0.5) is 10.1 Å². The summed E-state index contributed by atoms with van der Waals surface area (Å²) in [6.07, 6.45) is 2.09. The number of anilines is 1. The first-order valence-corrected chi connectivity index (χ1v) is 11.4. The molecule has 0 spiro atoms. The Bertz CT molecular complexity index is 1640. The Balaban J connectivity index is 1.61. The van der Waals surface area contributed by atoms with Crippen molar-refractivity contribution in [2.24, 2.45) is 0 Å². The standard InChI is InChI=1S/C25H19FN4O3S/c26-18-10-4-5-11-19(18)28-20(31)15-30-21-17-9-6-13-27-23(17)34-22(21)24(32)29(25(30)33)14-12-16-7-2-1-3-8-16/h1-11,13H,12,14-15H2,(H,28,31). The van der Waals surface area contributed by atoms with E-state index in [0.29, 0.717) is 26.9 Å². The molecule has 1 N–H and O–H groups in total. The molecule has 0 aliphatic rings. The highest BCUT2D eigenvalue weighted by atomic mass is 32.1. The maximum absolute atomic E-state index is 14.0. The van der Waals surface area contributed by atoms with Crippen LogP contribution in [0.1, 0.15) is 5.56 Å². The first-order chi connectivity index (χ1) is 16.5. The molecule has 2 aromatic carbocycles. The van der Waals surface area contributed by atoms with E-state index in [0.717, 1.165) is 10.1 Å². The van der Waals surface area contributed by atoms with Gasteiger partial charge in [-0.25, -0.2) is 14.2 Å². The van der Waals surface area contributed by atoms with Crippen LogP contribution in [0.25, 0.3) is 20.4 Å². The Hall–Kier alpha value is -4.11. The number of para-hydroxylation sites is 1. The van der Waals surface area contributed by atoms with Gasteiger partial charge in [0.25, 0.3) is 5.56 Å². The molecule has 0 atom stereocenters. The second kappa shape index (κ2) is 9.03. The fourth-order valence-corrected chi connectivity index (χ4v) is 5.00. The van der Waals surface area contributed by atoms with Crippen molar-refractivity contribution in [3.8, 4) is 0 Å². The Morgan fingerprint density at radius 1 is 0.971 bits per heavy atom. The van der Waals surface area contributed by atoms with Crippen LogP contribution in [0, 0.1) is 5.82 Å². The minimum atomic E-state index is -0.597. The Morgan fingerprint density at radius 3 is 2.53 bits per heavy atom. The fraction of sp³-hybridized carbons (Fsp3) is 0.120. The van der Waals surface area contributed by atoms with Crippen molar-refractivity contribution in [3.63, 3.8) is 0 Å². The molecule has 9 heteroatoms. The maximum Gasteiger partial charge on any atom is 0.332 e. The fourth-order valence-electron chi connectivity index (χ4n) is 3.91. The lowest BCUT2D eigenvalue weighted by atomic mass is 10.1. The normalized spacial score (nSPS) is 11.2. The van der Waals surface area contributed by atoms with Crippen molar-refractivity contribution < 1.29 is 9.18 Å². The first-order valence-electron chi connectivity index (χ1n) is 10.6. The van der Waals surface area contributed by atoms with Gasteiger partial charge in [-0.05, 0) is 36.2 Å². The predicted octanol–water partition coefficient (Wildman–Crippen LogP) is 3.79. The van der Waals surface area contributed by atoms with Crippen LogP contribution in [0.3, 0.4) is 0 Å². The molecule has 7 nitrogen and oxygen atoms in total. The van der Waals surface area contributed by atoms with Gasteiger partial charge in [-0.15, -0.1) is 11.3 Å². The average Bonchev–Trinajstić information content (AvgIpc) is 3.24. The molecule has 0 aliphatic heterocycles. The number of thiophene rings is 1. The largest absolute Gasteiger partial charge is 0.332 e. The molecule has 0 saturated heterocycles. The van der Waals surface area contributed by atoms with Gasteiger partial charge in [0.15, 0.2) is 0 Å². The number of hydrogen-bond donors (Lipinski definition) is 1. The smallest absolute Gasteiger partial charge is 0.322 e. The number of rotatable bonds is 6. The van der Waals surface area contributed by atoms with Crippen molar-refractivity contribution in [1.29, 1.82) is 0 Å². The molecule has 1 amide bonds. The predicted molar refractivity (Wildman–Crippen MR) is 131 cm³/mol. The number of nitrogens with one attached hydrogen (secondary N) is 1. The number of carbonyl (C=O) groups excluding carboxylic acids is 1. The van der Waals surface area contributed by atoms with E-state index in [1.165, 1.54) is 34.1 Å². The van der Waals surface area contributed by atoms with Gasteiger partial charge in [0.1, 0.15) is 21.9 Å². The van der Waals surface area contributed by atoms with E-state index in [1.807, 2.05) is 30.3 Å². The number of aromatic nitrogens is 3. The topological polar surface area (TPSA) is 86.0 Å². The number of amides is 1. The van der Waals surface area contributed by atoms with Crippen LogP contribution in [-0.4, -0.2) is 20.0 Å². The number of carbonyl (C=O) groups is 1. The molecule has 0 unspecified atom stereocenters. The van der Waals surface area contributed by atoms with Gasteiger partial charge in [0.05, 0.1) is 11.2 Å². The third-order valence-corrected chi connectivity index (χ3v) is 6.62. The van der Waals surface area contributed by atoms with Gasteiger partial charge in [-0.2, -0.15) is 0 Å². The summed E-state index contributed by atoms with van der Waals surface area (Å²) in [6.45, 7) is -0.218. The molecule has 5 rings (SSSR count). The maximum atomic E-state index is 14.0. The van der Waals surface area contributed by atoms with Crippen LogP contribution in [0.15, 0.2) is 82.5 Å². The lowest BCUT2D eigenvalue weighted by Crippen LogP contribution is -2.41. The molecule has 3 heterocycles. The van der Waals surface area contributed by atoms with E-state index in [9.17, 15) is 18.8 Å². The summed E-state index contributed by atoms with van der Waals surface area (Å²) >= 11 is 1.18. The third-order valence-electron chi connectivity index (χ3n) is 5.53. The summed E-state index contributed by atoms with van der Waals surface area (Å²) in [7, 11) is 0. The van der Waals surface area contributed by atoms with Crippen LogP contribution < -0.4 is 16.6 Å². The summed E-state index contributed by atoms with van der Waals surface area (Å²) in [5, 5.41) is 3.13. The zero-order valence-corrected chi connectivity index (χ0v) is 18.7. The van der Waals surface area contributed by atoms with Crippen LogP contribution in [0.2, 0.25) is 0 Å². The number of aryl methyl sites for hydroxylation is 1. The van der Waals surface area contributed by atoms with E-state index in [-0.39, 0.29) is 18.8 Å². The van der Waals surface area contributed by atoms with Crippen molar-refractivity contribution in [1.82, 2.24) is 14.1 Å². The van der Waals surface area contributed by atoms with Gasteiger partial charge < -0.3 is 5.32 Å². The highest BCUT2D eigenvalue weighted by Crippen LogP contribution is 2.29. The van der Waals surface area contributed by atoms with Gasteiger partial charge >= 0.3 is 5.69 Å². The summed E-state index contributed by atoms with van der Waals surface area (Å²) in [4.78, 5) is 44.5. The van der Waals surface area contributed by atoms with E-state index in [4.69, 9.17) is 0 Å². The second-order valence-corrected chi connectivity index (χ2v) is 8.72.